The number of carbonyl (C=O) groups is 2. The fourth-order valence-electron chi connectivity index (χ4n) is 1.44. The number of hydrogen-bond acceptors (Lipinski definition) is 4. The Hall–Kier alpha value is -1.32. The molecule has 19 heavy (non-hydrogen) atoms. The fourth-order valence-corrected chi connectivity index (χ4v) is 1.44. The number of unbranched alkanes of at least 4 members (excludes halogenated alkanes) is 2. The minimum Gasteiger partial charge on any atom is -0.465 e. The van der Waals surface area contributed by atoms with Crippen LogP contribution in [0.25, 0.3) is 0 Å². The molecule has 4 nitrogen and oxygen atoms in total. The second-order valence-corrected chi connectivity index (χ2v) is 4.51. The molecule has 0 aliphatic rings. The zero-order valence-corrected chi connectivity index (χ0v) is 12.5. The summed E-state index contributed by atoms with van der Waals surface area (Å²) in [6, 6.07) is 0. The molecule has 0 saturated heterocycles. The molecule has 0 N–H and O–H groups in total. The monoisotopic (exact) mass is 270 g/mol. The molecule has 0 saturated carbocycles. The first kappa shape index (κ1) is 17.7. The van der Waals surface area contributed by atoms with E-state index in [-0.39, 0.29) is 0 Å². The van der Waals surface area contributed by atoms with Crippen LogP contribution in [0.5, 0.6) is 0 Å². The first-order chi connectivity index (χ1) is 9.08. The van der Waals surface area contributed by atoms with Crippen molar-refractivity contribution in [3.05, 3.63) is 11.6 Å². The summed E-state index contributed by atoms with van der Waals surface area (Å²) in [4.78, 5) is 23.9. The topological polar surface area (TPSA) is 52.6 Å². The van der Waals surface area contributed by atoms with Gasteiger partial charge in [-0.2, -0.15) is 0 Å². The summed E-state index contributed by atoms with van der Waals surface area (Å²) in [6.45, 7) is 8.27. The van der Waals surface area contributed by atoms with Gasteiger partial charge in [0.15, 0.2) is 5.92 Å². The van der Waals surface area contributed by atoms with E-state index in [1.165, 1.54) is 0 Å². The average Bonchev–Trinajstić information content (AvgIpc) is 2.39. The second kappa shape index (κ2) is 10.6. The van der Waals surface area contributed by atoms with Crippen LogP contribution in [0.4, 0.5) is 0 Å². The summed E-state index contributed by atoms with van der Waals surface area (Å²) in [5.74, 6) is -1.94. The van der Waals surface area contributed by atoms with E-state index in [4.69, 9.17) is 9.47 Å². The number of carbonyl (C=O) groups excluding carboxylic acids is 2. The van der Waals surface area contributed by atoms with Crippen molar-refractivity contribution in [2.75, 3.05) is 13.2 Å². The molecule has 0 heterocycles. The fraction of sp³-hybridized carbons (Fsp3) is 0.733. The van der Waals surface area contributed by atoms with Crippen molar-refractivity contribution in [3.8, 4) is 0 Å². The van der Waals surface area contributed by atoms with Crippen molar-refractivity contribution >= 4 is 11.9 Å². The van der Waals surface area contributed by atoms with Crippen molar-refractivity contribution in [1.29, 1.82) is 0 Å². The Morgan fingerprint density at radius 1 is 1.00 bits per heavy atom. The first-order valence-corrected chi connectivity index (χ1v) is 7.04. The molecule has 0 radical (unpaired) electrons. The predicted octanol–water partition coefficient (Wildman–Crippen LogP) is 3.26. The van der Waals surface area contributed by atoms with E-state index < -0.39 is 17.9 Å². The van der Waals surface area contributed by atoms with Gasteiger partial charge in [0.2, 0.25) is 0 Å². The van der Waals surface area contributed by atoms with Crippen LogP contribution in [-0.2, 0) is 19.1 Å². The van der Waals surface area contributed by atoms with Crippen molar-refractivity contribution in [2.24, 2.45) is 5.92 Å². The molecule has 0 aromatic rings. The maximum Gasteiger partial charge on any atom is 0.324 e. The molecular weight excluding hydrogens is 244 g/mol. The van der Waals surface area contributed by atoms with Gasteiger partial charge in [0.05, 0.1) is 13.2 Å². The Kier molecular flexibility index (Phi) is 9.85. The molecule has 0 rings (SSSR count). The van der Waals surface area contributed by atoms with Crippen LogP contribution >= 0.6 is 0 Å². The van der Waals surface area contributed by atoms with Gasteiger partial charge in [0, 0.05) is 0 Å². The van der Waals surface area contributed by atoms with Gasteiger partial charge in [0.1, 0.15) is 0 Å². The summed E-state index contributed by atoms with van der Waals surface area (Å²) in [7, 11) is 0. The van der Waals surface area contributed by atoms with Crippen LogP contribution in [0.2, 0.25) is 0 Å². The third-order valence-corrected chi connectivity index (χ3v) is 2.87. The van der Waals surface area contributed by atoms with Crippen LogP contribution in [0.1, 0.15) is 53.4 Å². The summed E-state index contributed by atoms with van der Waals surface area (Å²) in [5, 5.41) is 0. The molecular formula is C15H26O4. The van der Waals surface area contributed by atoms with Gasteiger partial charge in [-0.3, -0.25) is 9.59 Å². The lowest BCUT2D eigenvalue weighted by atomic mass is 10.0. The van der Waals surface area contributed by atoms with Gasteiger partial charge in [0.25, 0.3) is 0 Å². The van der Waals surface area contributed by atoms with Crippen molar-refractivity contribution in [1.82, 2.24) is 0 Å². The largest absolute Gasteiger partial charge is 0.465 e. The number of rotatable bonds is 9. The van der Waals surface area contributed by atoms with Gasteiger partial charge in [-0.15, -0.1) is 0 Å². The Morgan fingerprint density at radius 3 is 1.74 bits per heavy atom. The highest BCUT2D eigenvalue weighted by molar-refractivity contribution is 5.98. The molecule has 0 aliphatic carbocycles. The minimum absolute atomic E-state index is 0.352. The van der Waals surface area contributed by atoms with E-state index in [1.54, 1.807) is 19.9 Å². The predicted molar refractivity (Wildman–Crippen MR) is 74.7 cm³/mol. The standard InChI is InChI=1S/C15H26O4/c1-5-8-10-18-14(16)13(12(4)7-3)15(17)19-11-9-6-2/h7,13H,5-6,8-11H2,1-4H3/b12-7+. The Labute approximate surface area is 116 Å². The van der Waals surface area contributed by atoms with E-state index >= 15 is 0 Å². The summed E-state index contributed by atoms with van der Waals surface area (Å²) >= 11 is 0. The molecule has 0 spiro atoms. The lowest BCUT2D eigenvalue weighted by Gasteiger charge is -2.15. The zero-order chi connectivity index (χ0) is 14.7. The third-order valence-electron chi connectivity index (χ3n) is 2.87. The number of hydrogen-bond donors (Lipinski definition) is 0. The van der Waals surface area contributed by atoms with Gasteiger partial charge in [-0.1, -0.05) is 38.3 Å². The van der Waals surface area contributed by atoms with Crippen molar-refractivity contribution in [2.45, 2.75) is 53.4 Å². The van der Waals surface area contributed by atoms with Gasteiger partial charge in [-0.05, 0) is 26.7 Å². The van der Waals surface area contributed by atoms with Gasteiger partial charge < -0.3 is 9.47 Å². The van der Waals surface area contributed by atoms with E-state index in [9.17, 15) is 9.59 Å². The molecule has 0 amide bonds. The molecule has 0 fully saturated rings. The molecule has 0 bridgehead atoms. The van der Waals surface area contributed by atoms with Gasteiger partial charge >= 0.3 is 11.9 Å². The van der Waals surface area contributed by atoms with Crippen LogP contribution in [0.15, 0.2) is 11.6 Å². The molecule has 0 aromatic carbocycles. The molecule has 0 aliphatic heterocycles. The Morgan fingerprint density at radius 2 is 1.42 bits per heavy atom. The van der Waals surface area contributed by atoms with E-state index in [1.807, 2.05) is 13.8 Å². The molecule has 0 atom stereocenters. The van der Waals surface area contributed by atoms with Crippen LogP contribution in [-0.4, -0.2) is 25.2 Å². The first-order valence-electron chi connectivity index (χ1n) is 7.04. The highest BCUT2D eigenvalue weighted by atomic mass is 16.6. The number of ether oxygens (including phenoxy) is 2. The quantitative estimate of drug-likeness (QED) is 0.279. The number of allylic oxidation sites excluding steroid dienone is 1. The summed E-state index contributed by atoms with van der Waals surface area (Å²) in [6.07, 6.45) is 5.24. The molecule has 4 heteroatoms. The smallest absolute Gasteiger partial charge is 0.324 e. The third kappa shape index (κ3) is 6.99. The highest BCUT2D eigenvalue weighted by Gasteiger charge is 2.30. The molecule has 0 unspecified atom stereocenters. The zero-order valence-electron chi connectivity index (χ0n) is 12.5. The minimum atomic E-state index is -0.918. The molecule has 0 aromatic heterocycles. The van der Waals surface area contributed by atoms with Crippen LogP contribution < -0.4 is 0 Å². The van der Waals surface area contributed by atoms with Crippen LogP contribution in [0.3, 0.4) is 0 Å². The van der Waals surface area contributed by atoms with Crippen molar-refractivity contribution < 1.29 is 19.1 Å². The lowest BCUT2D eigenvalue weighted by molar-refractivity contribution is -0.160. The van der Waals surface area contributed by atoms with Crippen molar-refractivity contribution in [3.63, 3.8) is 0 Å². The average molecular weight is 270 g/mol. The lowest BCUT2D eigenvalue weighted by Crippen LogP contribution is -2.29. The van der Waals surface area contributed by atoms with E-state index in [2.05, 4.69) is 0 Å². The van der Waals surface area contributed by atoms with E-state index in [0.717, 1.165) is 25.7 Å². The Bertz CT molecular complexity index is 285. The van der Waals surface area contributed by atoms with E-state index in [0.29, 0.717) is 18.8 Å². The highest BCUT2D eigenvalue weighted by Crippen LogP contribution is 2.15. The summed E-state index contributed by atoms with van der Waals surface area (Å²) in [5.41, 5.74) is 0.669. The second-order valence-electron chi connectivity index (χ2n) is 4.51. The Balaban J connectivity index is 4.53. The SMILES string of the molecule is C/C=C(\C)C(C(=O)OCCCC)C(=O)OCCCC. The maximum absolute atomic E-state index is 11.9. The number of esters is 2. The summed E-state index contributed by atoms with van der Waals surface area (Å²) < 4.78 is 10.2. The normalized spacial score (nSPS) is 11.5. The van der Waals surface area contributed by atoms with Gasteiger partial charge in [-0.25, -0.2) is 0 Å². The maximum atomic E-state index is 11.9. The molecule has 110 valence electrons. The van der Waals surface area contributed by atoms with Crippen LogP contribution in [0, 0.1) is 5.92 Å².